The standard InChI is InChI=1S/C16H26N4O/c1-12(2)9-20-16(17-11-18-20)10-19-8-4-6-14(19)13-5-3-7-15(13)21/h11-14H,3-10H2,1-2H3. The summed E-state index contributed by atoms with van der Waals surface area (Å²) in [5.41, 5.74) is 0. The molecule has 1 saturated heterocycles. The average molecular weight is 290 g/mol. The summed E-state index contributed by atoms with van der Waals surface area (Å²) in [6.45, 7) is 7.23. The van der Waals surface area contributed by atoms with E-state index in [-0.39, 0.29) is 5.92 Å². The third kappa shape index (κ3) is 3.18. The van der Waals surface area contributed by atoms with E-state index in [1.54, 1.807) is 6.33 Å². The SMILES string of the molecule is CC(C)Cn1ncnc1CN1CCCC1C1CCCC1=O. The van der Waals surface area contributed by atoms with Crippen molar-refractivity contribution in [3.8, 4) is 0 Å². The van der Waals surface area contributed by atoms with Crippen LogP contribution >= 0.6 is 0 Å². The Morgan fingerprint density at radius 3 is 2.90 bits per heavy atom. The Morgan fingerprint density at radius 2 is 2.19 bits per heavy atom. The van der Waals surface area contributed by atoms with Gasteiger partial charge in [-0.15, -0.1) is 0 Å². The fourth-order valence-electron chi connectivity index (χ4n) is 3.84. The molecule has 2 fully saturated rings. The molecule has 116 valence electrons. The summed E-state index contributed by atoms with van der Waals surface area (Å²) in [7, 11) is 0. The van der Waals surface area contributed by atoms with Crippen LogP contribution < -0.4 is 0 Å². The van der Waals surface area contributed by atoms with E-state index in [1.165, 1.54) is 6.42 Å². The smallest absolute Gasteiger partial charge is 0.141 e. The Morgan fingerprint density at radius 1 is 1.33 bits per heavy atom. The zero-order chi connectivity index (χ0) is 14.8. The van der Waals surface area contributed by atoms with Crippen molar-refractivity contribution in [2.75, 3.05) is 6.54 Å². The lowest BCUT2D eigenvalue weighted by Crippen LogP contribution is -2.37. The van der Waals surface area contributed by atoms with E-state index in [2.05, 4.69) is 28.8 Å². The van der Waals surface area contributed by atoms with Crippen molar-refractivity contribution in [2.45, 2.75) is 65.1 Å². The minimum absolute atomic E-state index is 0.272. The molecular weight excluding hydrogens is 264 g/mol. The second kappa shape index (κ2) is 6.26. The summed E-state index contributed by atoms with van der Waals surface area (Å²) in [4.78, 5) is 19.0. The Hall–Kier alpha value is -1.23. The highest BCUT2D eigenvalue weighted by Crippen LogP contribution is 2.33. The van der Waals surface area contributed by atoms with E-state index in [9.17, 15) is 4.79 Å². The highest BCUT2D eigenvalue weighted by atomic mass is 16.1. The van der Waals surface area contributed by atoms with Gasteiger partial charge >= 0.3 is 0 Å². The molecule has 0 amide bonds. The number of aromatic nitrogens is 3. The first-order chi connectivity index (χ1) is 10.1. The molecule has 3 rings (SSSR count). The first-order valence-electron chi connectivity index (χ1n) is 8.28. The third-order valence-corrected chi connectivity index (χ3v) is 4.81. The molecule has 1 aromatic rings. The van der Waals surface area contributed by atoms with Crippen molar-refractivity contribution in [1.29, 1.82) is 0 Å². The molecule has 5 nitrogen and oxygen atoms in total. The molecule has 1 saturated carbocycles. The quantitative estimate of drug-likeness (QED) is 0.834. The maximum absolute atomic E-state index is 12.1. The highest BCUT2D eigenvalue weighted by Gasteiger charge is 2.38. The molecule has 1 aliphatic heterocycles. The fourth-order valence-corrected chi connectivity index (χ4v) is 3.84. The zero-order valence-corrected chi connectivity index (χ0v) is 13.2. The number of hydrogen-bond acceptors (Lipinski definition) is 4. The molecular formula is C16H26N4O. The van der Waals surface area contributed by atoms with Gasteiger partial charge in [-0.25, -0.2) is 9.67 Å². The van der Waals surface area contributed by atoms with Crippen molar-refractivity contribution in [3.05, 3.63) is 12.2 Å². The van der Waals surface area contributed by atoms with Crippen LogP contribution in [0.5, 0.6) is 0 Å². The molecule has 2 heterocycles. The number of carbonyl (C=O) groups excluding carboxylic acids is 1. The van der Waals surface area contributed by atoms with Gasteiger partial charge in [0.15, 0.2) is 0 Å². The fraction of sp³-hybridized carbons (Fsp3) is 0.812. The first kappa shape index (κ1) is 14.7. The van der Waals surface area contributed by atoms with Crippen molar-refractivity contribution >= 4 is 5.78 Å². The Kier molecular flexibility index (Phi) is 4.38. The van der Waals surface area contributed by atoms with Crippen LogP contribution in [0.25, 0.3) is 0 Å². The lowest BCUT2D eigenvalue weighted by molar-refractivity contribution is -0.122. The maximum atomic E-state index is 12.1. The van der Waals surface area contributed by atoms with Crippen LogP contribution in [0, 0.1) is 11.8 Å². The number of hydrogen-bond donors (Lipinski definition) is 0. The van der Waals surface area contributed by atoms with Gasteiger partial charge < -0.3 is 0 Å². The van der Waals surface area contributed by atoms with E-state index < -0.39 is 0 Å². The molecule has 0 aromatic carbocycles. The second-order valence-electron chi connectivity index (χ2n) is 6.90. The lowest BCUT2D eigenvalue weighted by atomic mass is 9.95. The number of rotatable bonds is 5. The first-order valence-corrected chi connectivity index (χ1v) is 8.28. The summed E-state index contributed by atoms with van der Waals surface area (Å²) in [5.74, 6) is 2.36. The van der Waals surface area contributed by atoms with Crippen LogP contribution in [-0.2, 0) is 17.9 Å². The molecule has 5 heteroatoms. The maximum Gasteiger partial charge on any atom is 0.141 e. The van der Waals surface area contributed by atoms with Crippen LogP contribution in [0.3, 0.4) is 0 Å². The van der Waals surface area contributed by atoms with E-state index in [0.717, 1.165) is 51.1 Å². The van der Waals surface area contributed by atoms with Gasteiger partial charge in [0.2, 0.25) is 0 Å². The number of Topliss-reactive ketones (excluding diaryl/α,β-unsaturated/α-hetero) is 1. The number of carbonyl (C=O) groups is 1. The van der Waals surface area contributed by atoms with Gasteiger partial charge in [0.05, 0.1) is 6.54 Å². The lowest BCUT2D eigenvalue weighted by Gasteiger charge is -2.28. The molecule has 21 heavy (non-hydrogen) atoms. The van der Waals surface area contributed by atoms with Gasteiger partial charge in [0.1, 0.15) is 17.9 Å². The highest BCUT2D eigenvalue weighted by molar-refractivity contribution is 5.83. The van der Waals surface area contributed by atoms with Gasteiger partial charge in [-0.05, 0) is 38.1 Å². The molecule has 0 spiro atoms. The van der Waals surface area contributed by atoms with Crippen molar-refractivity contribution in [3.63, 3.8) is 0 Å². The predicted octanol–water partition coefficient (Wildman–Crippen LogP) is 2.27. The second-order valence-corrected chi connectivity index (χ2v) is 6.90. The van der Waals surface area contributed by atoms with Gasteiger partial charge in [-0.2, -0.15) is 5.10 Å². The van der Waals surface area contributed by atoms with Crippen LogP contribution in [0.15, 0.2) is 6.33 Å². The average Bonchev–Trinajstić information content (AvgIpc) is 3.12. The zero-order valence-electron chi connectivity index (χ0n) is 13.2. The Labute approximate surface area is 126 Å². The van der Waals surface area contributed by atoms with Crippen LogP contribution in [0.2, 0.25) is 0 Å². The molecule has 0 radical (unpaired) electrons. The number of nitrogens with zero attached hydrogens (tertiary/aromatic N) is 4. The Balaban J connectivity index is 1.69. The third-order valence-electron chi connectivity index (χ3n) is 4.81. The van der Waals surface area contributed by atoms with Crippen molar-refractivity contribution < 1.29 is 4.79 Å². The number of likely N-dealkylation sites (tertiary alicyclic amines) is 1. The predicted molar refractivity (Wildman–Crippen MR) is 80.6 cm³/mol. The Bertz CT molecular complexity index is 496. The largest absolute Gasteiger partial charge is 0.299 e. The number of ketones is 1. The molecule has 1 aliphatic carbocycles. The van der Waals surface area contributed by atoms with Crippen LogP contribution in [0.1, 0.15) is 51.8 Å². The summed E-state index contributed by atoms with van der Waals surface area (Å²) in [6, 6.07) is 0.434. The molecule has 1 aromatic heterocycles. The van der Waals surface area contributed by atoms with Gasteiger partial charge in [-0.1, -0.05) is 13.8 Å². The molecule has 2 aliphatic rings. The van der Waals surface area contributed by atoms with E-state index in [1.807, 2.05) is 4.68 Å². The molecule has 0 N–H and O–H groups in total. The van der Waals surface area contributed by atoms with Crippen LogP contribution in [0.4, 0.5) is 0 Å². The minimum Gasteiger partial charge on any atom is -0.299 e. The van der Waals surface area contributed by atoms with Gasteiger partial charge in [0.25, 0.3) is 0 Å². The summed E-state index contributed by atoms with van der Waals surface area (Å²) in [6.07, 6.45) is 6.97. The van der Waals surface area contributed by atoms with Crippen molar-refractivity contribution in [2.24, 2.45) is 11.8 Å². The van der Waals surface area contributed by atoms with E-state index in [4.69, 9.17) is 0 Å². The topological polar surface area (TPSA) is 51.0 Å². The summed E-state index contributed by atoms with van der Waals surface area (Å²) < 4.78 is 2.02. The molecule has 2 unspecified atom stereocenters. The molecule has 0 bridgehead atoms. The summed E-state index contributed by atoms with van der Waals surface area (Å²) >= 11 is 0. The normalized spacial score (nSPS) is 27.1. The van der Waals surface area contributed by atoms with E-state index >= 15 is 0 Å². The summed E-state index contributed by atoms with van der Waals surface area (Å²) in [5, 5.41) is 4.35. The van der Waals surface area contributed by atoms with Crippen molar-refractivity contribution in [1.82, 2.24) is 19.7 Å². The minimum atomic E-state index is 0.272. The molecule has 2 atom stereocenters. The van der Waals surface area contributed by atoms with Crippen LogP contribution in [-0.4, -0.2) is 38.0 Å². The van der Waals surface area contributed by atoms with E-state index in [0.29, 0.717) is 17.7 Å². The monoisotopic (exact) mass is 290 g/mol. The van der Waals surface area contributed by atoms with Gasteiger partial charge in [0, 0.05) is 24.9 Å². The van der Waals surface area contributed by atoms with Gasteiger partial charge in [-0.3, -0.25) is 9.69 Å².